The number of rotatable bonds is 4. The number of benzene rings is 1. The van der Waals surface area contributed by atoms with Crippen molar-refractivity contribution in [1.82, 2.24) is 19.5 Å². The van der Waals surface area contributed by atoms with Crippen molar-refractivity contribution in [1.29, 1.82) is 5.26 Å². The average Bonchev–Trinajstić information content (AvgIpc) is 3.35. The van der Waals surface area contributed by atoms with E-state index >= 15 is 0 Å². The number of carbonyl (C=O) groups is 1. The van der Waals surface area contributed by atoms with E-state index in [-0.39, 0.29) is 5.91 Å². The molecule has 0 N–H and O–H groups in total. The molecule has 1 fully saturated rings. The Morgan fingerprint density at radius 3 is 2.58 bits per heavy atom. The fraction of sp³-hybridized carbons (Fsp3) is 0.214. The van der Waals surface area contributed by atoms with Crippen LogP contribution in [0.15, 0.2) is 67.1 Å². The van der Waals surface area contributed by atoms with Gasteiger partial charge >= 0.3 is 0 Å². The van der Waals surface area contributed by atoms with Gasteiger partial charge in [-0.2, -0.15) is 10.4 Å². The number of pyridine rings is 2. The van der Waals surface area contributed by atoms with E-state index < -0.39 is 0 Å². The number of anilines is 1. The minimum Gasteiger partial charge on any atom is -0.492 e. The third-order valence-corrected chi connectivity index (χ3v) is 6.06. The van der Waals surface area contributed by atoms with Gasteiger partial charge in [0, 0.05) is 55.0 Å². The lowest BCUT2D eigenvalue weighted by Crippen LogP contribution is -2.48. The Morgan fingerprint density at radius 2 is 1.89 bits per heavy atom. The number of nitrogens with zero attached hydrogens (tertiary/aromatic N) is 6. The van der Waals surface area contributed by atoms with Gasteiger partial charge in [0.05, 0.1) is 30.1 Å². The van der Waals surface area contributed by atoms with Crippen LogP contribution in [0.1, 0.15) is 18.1 Å². The molecular weight excluding hydrogens is 452 g/mol. The van der Waals surface area contributed by atoms with Gasteiger partial charge in [-0.15, -0.1) is 0 Å². The third-order valence-electron chi connectivity index (χ3n) is 6.06. The van der Waals surface area contributed by atoms with Crippen molar-refractivity contribution in [2.75, 3.05) is 37.7 Å². The van der Waals surface area contributed by atoms with Gasteiger partial charge in [0.25, 0.3) is 5.91 Å². The maximum Gasteiger partial charge on any atom is 0.298 e. The summed E-state index contributed by atoms with van der Waals surface area (Å²) in [5.74, 6) is 7.04. The summed E-state index contributed by atoms with van der Waals surface area (Å²) in [4.78, 5) is 21.1. The van der Waals surface area contributed by atoms with Crippen molar-refractivity contribution in [2.24, 2.45) is 0 Å². The molecule has 1 amide bonds. The molecule has 3 aromatic heterocycles. The monoisotopic (exact) mass is 476 g/mol. The van der Waals surface area contributed by atoms with Crippen LogP contribution in [-0.4, -0.2) is 58.2 Å². The number of amides is 1. The number of aromatic nitrogens is 3. The molecule has 0 unspecified atom stereocenters. The molecule has 1 aromatic carbocycles. The highest BCUT2D eigenvalue weighted by Crippen LogP contribution is 2.31. The van der Waals surface area contributed by atoms with Crippen molar-refractivity contribution in [3.05, 3.63) is 78.2 Å². The molecule has 0 atom stereocenters. The maximum atomic E-state index is 12.5. The predicted molar refractivity (Wildman–Crippen MR) is 136 cm³/mol. The van der Waals surface area contributed by atoms with Crippen LogP contribution in [0.4, 0.5) is 5.82 Å². The molecule has 0 spiro atoms. The Hall–Kier alpha value is -4.82. The zero-order chi connectivity index (χ0) is 24.9. The Morgan fingerprint density at radius 1 is 1.08 bits per heavy atom. The van der Waals surface area contributed by atoms with Gasteiger partial charge in [0.2, 0.25) is 0 Å². The van der Waals surface area contributed by atoms with E-state index in [1.54, 1.807) is 28.0 Å². The lowest BCUT2D eigenvalue weighted by atomic mass is 10.1. The molecule has 4 aromatic rings. The molecule has 0 aliphatic carbocycles. The highest BCUT2D eigenvalue weighted by molar-refractivity contribution is 5.94. The van der Waals surface area contributed by atoms with Crippen LogP contribution in [0, 0.1) is 23.2 Å². The molecule has 1 saturated heterocycles. The molecule has 1 aliphatic heterocycles. The highest BCUT2D eigenvalue weighted by atomic mass is 16.5. The van der Waals surface area contributed by atoms with Gasteiger partial charge in [-0.3, -0.25) is 4.79 Å². The second-order valence-electron chi connectivity index (χ2n) is 8.29. The van der Waals surface area contributed by atoms with Crippen LogP contribution >= 0.6 is 0 Å². The molecule has 0 bridgehead atoms. The van der Waals surface area contributed by atoms with Gasteiger partial charge in [-0.05, 0) is 37.3 Å². The average molecular weight is 477 g/mol. The van der Waals surface area contributed by atoms with Gasteiger partial charge in [-0.1, -0.05) is 24.1 Å². The minimum absolute atomic E-state index is 0.158. The topological polar surface area (TPSA) is 86.8 Å². The standard InChI is InChI=1S/C28H24N6O2/c1-2-36-24-16-25(28-23(17-29)19-31-34(28)20-24)22-9-10-26(30-18-22)32-12-14-33(15-13-32)27(35)11-8-21-6-4-3-5-7-21/h3-7,9-10,16,18-20H,2,12-15H2,1H3. The first-order valence-electron chi connectivity index (χ1n) is 11.8. The number of nitriles is 1. The molecule has 8 heteroatoms. The summed E-state index contributed by atoms with van der Waals surface area (Å²) >= 11 is 0. The van der Waals surface area contributed by atoms with Crippen molar-refractivity contribution in [3.8, 4) is 34.8 Å². The van der Waals surface area contributed by atoms with E-state index in [1.807, 2.05) is 55.5 Å². The van der Waals surface area contributed by atoms with Crippen LogP contribution in [0.3, 0.4) is 0 Å². The molecule has 8 nitrogen and oxygen atoms in total. The Balaban J connectivity index is 1.30. The van der Waals surface area contributed by atoms with Crippen LogP contribution in [-0.2, 0) is 4.79 Å². The van der Waals surface area contributed by atoms with Crippen LogP contribution < -0.4 is 9.64 Å². The SMILES string of the molecule is CCOc1cc(-c2ccc(N3CCN(C(=O)C#Cc4ccccc4)CC3)nc2)c2c(C#N)cnn2c1. The number of hydrogen-bond acceptors (Lipinski definition) is 6. The molecule has 1 aliphatic rings. The van der Waals surface area contributed by atoms with Crippen molar-refractivity contribution < 1.29 is 9.53 Å². The molecule has 4 heterocycles. The van der Waals surface area contributed by atoms with E-state index in [9.17, 15) is 10.1 Å². The number of piperazine rings is 1. The van der Waals surface area contributed by atoms with Gasteiger partial charge in [-0.25, -0.2) is 9.50 Å². The van der Waals surface area contributed by atoms with E-state index in [2.05, 4.69) is 32.9 Å². The van der Waals surface area contributed by atoms with Crippen molar-refractivity contribution in [3.63, 3.8) is 0 Å². The number of hydrogen-bond donors (Lipinski definition) is 0. The van der Waals surface area contributed by atoms with Crippen LogP contribution in [0.2, 0.25) is 0 Å². The third kappa shape index (κ3) is 4.70. The fourth-order valence-corrected chi connectivity index (χ4v) is 4.24. The van der Waals surface area contributed by atoms with Crippen LogP contribution in [0.25, 0.3) is 16.6 Å². The molecule has 36 heavy (non-hydrogen) atoms. The Labute approximate surface area is 209 Å². The molecule has 178 valence electrons. The molecule has 0 saturated carbocycles. The number of ether oxygens (including phenoxy) is 1. The van der Waals surface area contributed by atoms with E-state index in [4.69, 9.17) is 4.74 Å². The molecular formula is C28H24N6O2. The Bertz CT molecular complexity index is 1480. The smallest absolute Gasteiger partial charge is 0.298 e. The van der Waals surface area contributed by atoms with E-state index in [1.165, 1.54) is 0 Å². The van der Waals surface area contributed by atoms with Gasteiger partial charge in [0.1, 0.15) is 17.6 Å². The summed E-state index contributed by atoms with van der Waals surface area (Å²) in [6, 6.07) is 17.6. The highest BCUT2D eigenvalue weighted by Gasteiger charge is 2.21. The van der Waals surface area contributed by atoms with Gasteiger partial charge < -0.3 is 14.5 Å². The van der Waals surface area contributed by atoms with E-state index in [0.717, 1.165) is 28.0 Å². The van der Waals surface area contributed by atoms with Crippen molar-refractivity contribution in [2.45, 2.75) is 6.92 Å². The first-order chi connectivity index (χ1) is 17.7. The summed E-state index contributed by atoms with van der Waals surface area (Å²) in [5, 5.41) is 13.8. The van der Waals surface area contributed by atoms with Gasteiger partial charge in [0.15, 0.2) is 0 Å². The zero-order valence-electron chi connectivity index (χ0n) is 19.9. The summed E-state index contributed by atoms with van der Waals surface area (Å²) in [6.07, 6.45) is 5.13. The lowest BCUT2D eigenvalue weighted by Gasteiger charge is -2.34. The summed E-state index contributed by atoms with van der Waals surface area (Å²) in [6.45, 7) is 4.98. The number of fused-ring (bicyclic) bond motifs is 1. The maximum absolute atomic E-state index is 12.5. The first-order valence-corrected chi connectivity index (χ1v) is 11.8. The lowest BCUT2D eigenvalue weighted by molar-refractivity contribution is -0.125. The van der Waals surface area contributed by atoms with Crippen molar-refractivity contribution >= 4 is 17.2 Å². The fourth-order valence-electron chi connectivity index (χ4n) is 4.24. The largest absolute Gasteiger partial charge is 0.492 e. The summed E-state index contributed by atoms with van der Waals surface area (Å²) in [5.41, 5.74) is 3.75. The summed E-state index contributed by atoms with van der Waals surface area (Å²) < 4.78 is 7.37. The molecule has 0 radical (unpaired) electrons. The molecule has 5 rings (SSSR count). The second-order valence-corrected chi connectivity index (χ2v) is 8.29. The number of carbonyl (C=O) groups excluding carboxylic acids is 1. The van der Waals surface area contributed by atoms with E-state index in [0.29, 0.717) is 44.1 Å². The quantitative estimate of drug-likeness (QED) is 0.420. The predicted octanol–water partition coefficient (Wildman–Crippen LogP) is 3.37. The van der Waals surface area contributed by atoms with Crippen LogP contribution in [0.5, 0.6) is 5.75 Å². The second kappa shape index (κ2) is 10.2. The zero-order valence-corrected chi connectivity index (χ0v) is 19.9. The Kier molecular flexibility index (Phi) is 6.51. The first kappa shape index (κ1) is 22.9. The normalized spacial score (nSPS) is 13.1. The minimum atomic E-state index is -0.158. The summed E-state index contributed by atoms with van der Waals surface area (Å²) in [7, 11) is 0.